The normalized spacial score (nSPS) is 13.5. The zero-order chi connectivity index (χ0) is 16.4. The van der Waals surface area contributed by atoms with Gasteiger partial charge in [0.05, 0.1) is 0 Å². The molecule has 1 atom stereocenters. The third kappa shape index (κ3) is 3.35. The van der Waals surface area contributed by atoms with Crippen molar-refractivity contribution in [2.45, 2.75) is 11.3 Å². The Labute approximate surface area is 136 Å². The number of amides is 1. The first kappa shape index (κ1) is 15.5. The average molecular weight is 348 g/mol. The summed E-state index contributed by atoms with van der Waals surface area (Å²) in [5, 5.41) is 5.50. The van der Waals surface area contributed by atoms with Gasteiger partial charge in [0.15, 0.2) is 4.34 Å². The molecule has 3 rings (SSSR count). The summed E-state index contributed by atoms with van der Waals surface area (Å²) in [5.41, 5.74) is 1.05. The molecule has 0 radical (unpaired) electrons. The molecule has 3 aromatic rings. The molecule has 0 aliphatic carbocycles. The summed E-state index contributed by atoms with van der Waals surface area (Å²) in [6.45, 7) is 1.70. The van der Waals surface area contributed by atoms with Gasteiger partial charge in [-0.1, -0.05) is 17.3 Å². The Morgan fingerprint density at radius 2 is 2.04 bits per heavy atom. The lowest BCUT2D eigenvalue weighted by Crippen LogP contribution is -2.03. The van der Waals surface area contributed by atoms with Crippen LogP contribution >= 0.6 is 11.3 Å². The Morgan fingerprint density at radius 3 is 2.61 bits per heavy atom. The first-order chi connectivity index (χ1) is 11.0. The quantitative estimate of drug-likeness (QED) is 0.722. The average Bonchev–Trinajstić information content (AvgIpc) is 3.18. The lowest BCUT2D eigenvalue weighted by atomic mass is 10.1. The number of aryl methyl sites for hydroxylation is 1. The van der Waals surface area contributed by atoms with E-state index in [9.17, 15) is 9.00 Å². The molecule has 0 bridgehead atoms. The standard InChI is InChI=1S/C14H12N4O3S2/c1-9-16-12(17-21-9)10-3-5-11(6-4-10)13(19)18-23(2,20)14-15-7-8-22-14/h3-8H,1-2H3. The molecule has 0 saturated carbocycles. The molecule has 1 unspecified atom stereocenters. The van der Waals surface area contributed by atoms with Crippen molar-refractivity contribution < 1.29 is 13.5 Å². The molecule has 2 aromatic heterocycles. The number of benzene rings is 1. The summed E-state index contributed by atoms with van der Waals surface area (Å²) in [5.74, 6) is 0.355. The molecule has 2 heterocycles. The third-order valence-electron chi connectivity index (χ3n) is 2.91. The van der Waals surface area contributed by atoms with Crippen molar-refractivity contribution in [2.24, 2.45) is 4.36 Å². The van der Waals surface area contributed by atoms with Gasteiger partial charge in [-0.2, -0.15) is 9.35 Å². The van der Waals surface area contributed by atoms with Crippen molar-refractivity contribution in [3.8, 4) is 11.4 Å². The molecule has 0 saturated heterocycles. The van der Waals surface area contributed by atoms with E-state index in [1.165, 1.54) is 23.8 Å². The molecule has 0 fully saturated rings. The minimum atomic E-state index is -2.83. The summed E-state index contributed by atoms with van der Waals surface area (Å²) in [4.78, 5) is 20.3. The fourth-order valence-corrected chi connectivity index (χ4v) is 3.93. The minimum absolute atomic E-state index is 0.333. The lowest BCUT2D eigenvalue weighted by molar-refractivity contribution is 0.100. The van der Waals surface area contributed by atoms with Crippen LogP contribution in [0.1, 0.15) is 16.2 Å². The number of carbonyl (C=O) groups excluding carboxylic acids is 1. The molecule has 1 aromatic carbocycles. The van der Waals surface area contributed by atoms with E-state index in [2.05, 4.69) is 19.5 Å². The van der Waals surface area contributed by atoms with Gasteiger partial charge in [-0.05, 0) is 12.1 Å². The van der Waals surface area contributed by atoms with Gasteiger partial charge in [-0.25, -0.2) is 9.19 Å². The van der Waals surface area contributed by atoms with E-state index in [0.717, 1.165) is 5.56 Å². The van der Waals surface area contributed by atoms with Crippen molar-refractivity contribution in [1.82, 2.24) is 15.1 Å². The van der Waals surface area contributed by atoms with Crippen molar-refractivity contribution in [1.29, 1.82) is 0 Å². The highest BCUT2D eigenvalue weighted by atomic mass is 32.2. The maximum Gasteiger partial charge on any atom is 0.285 e. The highest BCUT2D eigenvalue weighted by Gasteiger charge is 2.14. The summed E-state index contributed by atoms with van der Waals surface area (Å²) in [6.07, 6.45) is 2.94. The van der Waals surface area contributed by atoms with E-state index in [1.54, 1.807) is 36.6 Å². The lowest BCUT2D eigenvalue weighted by Gasteiger charge is -2.00. The van der Waals surface area contributed by atoms with Crippen LogP contribution in [0.15, 0.2) is 49.1 Å². The van der Waals surface area contributed by atoms with Gasteiger partial charge in [0, 0.05) is 35.9 Å². The molecule has 23 heavy (non-hydrogen) atoms. The van der Waals surface area contributed by atoms with Crippen LogP contribution in [0.5, 0.6) is 0 Å². The zero-order valence-electron chi connectivity index (χ0n) is 12.3. The molecule has 1 amide bonds. The second kappa shape index (κ2) is 6.01. The monoisotopic (exact) mass is 348 g/mol. The first-order valence-corrected chi connectivity index (χ1v) is 9.33. The number of carbonyl (C=O) groups is 1. The number of hydrogen-bond acceptors (Lipinski definition) is 7. The molecule has 0 spiro atoms. The molecule has 0 N–H and O–H groups in total. The molecule has 118 valence electrons. The maximum atomic E-state index is 12.5. The minimum Gasteiger partial charge on any atom is -0.339 e. The molecule has 9 heteroatoms. The molecule has 0 aliphatic rings. The van der Waals surface area contributed by atoms with Gasteiger partial charge in [0.1, 0.15) is 9.73 Å². The molecule has 0 aliphatic heterocycles. The van der Waals surface area contributed by atoms with Gasteiger partial charge >= 0.3 is 0 Å². The number of hydrogen-bond donors (Lipinski definition) is 0. The fourth-order valence-electron chi connectivity index (χ4n) is 1.83. The summed E-state index contributed by atoms with van der Waals surface area (Å²) in [7, 11) is -2.83. The third-order valence-corrected chi connectivity index (χ3v) is 5.96. The second-order valence-electron chi connectivity index (χ2n) is 4.71. The van der Waals surface area contributed by atoms with Crippen molar-refractivity contribution in [2.75, 3.05) is 6.26 Å². The smallest absolute Gasteiger partial charge is 0.285 e. The van der Waals surface area contributed by atoms with Crippen molar-refractivity contribution in [3.05, 3.63) is 47.3 Å². The SMILES string of the molecule is Cc1nc(-c2ccc(C(=O)N=S(C)(=O)c3nccs3)cc2)no1. The van der Waals surface area contributed by atoms with Crippen LogP contribution in [0.25, 0.3) is 11.4 Å². The van der Waals surface area contributed by atoms with Gasteiger partial charge in [0.25, 0.3) is 5.91 Å². The first-order valence-electron chi connectivity index (χ1n) is 6.52. The topological polar surface area (TPSA) is 98.3 Å². The maximum absolute atomic E-state index is 12.5. The van der Waals surface area contributed by atoms with Crippen LogP contribution in [0.4, 0.5) is 0 Å². The number of thiazole rings is 1. The van der Waals surface area contributed by atoms with Crippen LogP contribution in [-0.4, -0.2) is 31.5 Å². The molecule has 7 nitrogen and oxygen atoms in total. The Bertz CT molecular complexity index is 952. The Hall–Kier alpha value is -2.39. The highest BCUT2D eigenvalue weighted by Crippen LogP contribution is 2.19. The van der Waals surface area contributed by atoms with Crippen molar-refractivity contribution in [3.63, 3.8) is 0 Å². The van der Waals surface area contributed by atoms with Crippen LogP contribution in [0, 0.1) is 6.92 Å². The Balaban J connectivity index is 1.88. The van der Waals surface area contributed by atoms with Gasteiger partial charge in [0.2, 0.25) is 11.7 Å². The molecular formula is C14H12N4O3S2. The number of rotatable bonds is 3. The van der Waals surface area contributed by atoms with Gasteiger partial charge < -0.3 is 4.52 Å². The van der Waals surface area contributed by atoms with E-state index < -0.39 is 15.6 Å². The van der Waals surface area contributed by atoms with Crippen molar-refractivity contribution >= 4 is 27.0 Å². The van der Waals surface area contributed by atoms with E-state index >= 15 is 0 Å². The van der Waals surface area contributed by atoms with Crippen LogP contribution in [-0.2, 0) is 9.73 Å². The van der Waals surface area contributed by atoms with E-state index in [-0.39, 0.29) is 0 Å². The second-order valence-corrected chi connectivity index (χ2v) is 8.04. The van der Waals surface area contributed by atoms with Gasteiger partial charge in [-0.15, -0.1) is 11.3 Å². The van der Waals surface area contributed by atoms with E-state index in [0.29, 0.717) is 21.6 Å². The highest BCUT2D eigenvalue weighted by molar-refractivity contribution is 7.95. The summed E-state index contributed by atoms with van der Waals surface area (Å²) in [6, 6.07) is 6.55. The Morgan fingerprint density at radius 1 is 1.30 bits per heavy atom. The largest absolute Gasteiger partial charge is 0.339 e. The number of aromatic nitrogens is 3. The van der Waals surface area contributed by atoms with Crippen LogP contribution < -0.4 is 0 Å². The predicted octanol–water partition coefficient (Wildman–Crippen LogP) is 2.80. The molecular weight excluding hydrogens is 336 g/mol. The zero-order valence-corrected chi connectivity index (χ0v) is 13.9. The fraction of sp³-hybridized carbons (Fsp3) is 0.143. The predicted molar refractivity (Wildman–Crippen MR) is 85.7 cm³/mol. The van der Waals surface area contributed by atoms with E-state index in [1.807, 2.05) is 0 Å². The van der Waals surface area contributed by atoms with Gasteiger partial charge in [-0.3, -0.25) is 4.79 Å². The number of nitrogens with zero attached hydrogens (tertiary/aromatic N) is 4. The van der Waals surface area contributed by atoms with E-state index in [4.69, 9.17) is 4.52 Å². The van der Waals surface area contributed by atoms with Crippen LogP contribution in [0.2, 0.25) is 0 Å². The summed E-state index contributed by atoms with van der Waals surface area (Å²) < 4.78 is 21.5. The Kier molecular flexibility index (Phi) is 4.05. The van der Waals surface area contributed by atoms with Crippen LogP contribution in [0.3, 0.4) is 0 Å². The summed E-state index contributed by atoms with van der Waals surface area (Å²) >= 11 is 1.21.